The fourth-order valence-corrected chi connectivity index (χ4v) is 5.60. The molecule has 0 rings (SSSR count). The smallest absolute Gasteiger partial charge is 0.387 e. The number of carbonyl (C=O) groups excluding carboxylic acids is 1. The number of hydrogen-bond acceptors (Lipinski definition) is 5. The molecular formula is C34H70N2O6P+. The molecule has 0 aliphatic heterocycles. The zero-order valence-corrected chi connectivity index (χ0v) is 29.6. The number of allylic oxidation sites excluding steroid dienone is 1. The number of phosphoric ester groups is 1. The first-order valence-electron chi connectivity index (χ1n) is 17.6. The van der Waals surface area contributed by atoms with Crippen LogP contribution in [0.15, 0.2) is 12.2 Å². The van der Waals surface area contributed by atoms with Crippen LogP contribution in [-0.2, 0) is 18.4 Å². The fraction of sp³-hybridized carbons (Fsp3) is 0.912. The van der Waals surface area contributed by atoms with E-state index in [1.165, 1.54) is 89.9 Å². The molecule has 9 heteroatoms. The normalized spacial score (nSPS) is 15.0. The van der Waals surface area contributed by atoms with E-state index in [0.717, 1.165) is 38.5 Å². The van der Waals surface area contributed by atoms with Gasteiger partial charge in [0.15, 0.2) is 0 Å². The summed E-state index contributed by atoms with van der Waals surface area (Å²) in [6, 6.07) is -0.836. The number of likely N-dealkylation sites (N-methyl/N-ethyl adjacent to an activating group) is 1. The third kappa shape index (κ3) is 29.7. The third-order valence-electron chi connectivity index (χ3n) is 7.76. The Hall–Kier alpha value is -0.760. The Morgan fingerprint density at radius 3 is 1.72 bits per heavy atom. The van der Waals surface area contributed by atoms with E-state index in [1.54, 1.807) is 6.08 Å². The highest BCUT2D eigenvalue weighted by Gasteiger charge is 2.27. The number of amides is 1. The van der Waals surface area contributed by atoms with Crippen LogP contribution in [0.25, 0.3) is 0 Å². The number of carbonyl (C=O) groups is 1. The number of quaternary nitrogens is 1. The summed E-state index contributed by atoms with van der Waals surface area (Å²) >= 11 is 0. The van der Waals surface area contributed by atoms with Crippen molar-refractivity contribution in [2.75, 3.05) is 40.9 Å². The number of nitrogens with zero attached hydrogens (tertiary/aromatic N) is 1. The molecule has 0 radical (unpaired) electrons. The van der Waals surface area contributed by atoms with Gasteiger partial charge in [0, 0.05) is 6.42 Å². The van der Waals surface area contributed by atoms with Gasteiger partial charge in [0.1, 0.15) is 13.2 Å². The predicted molar refractivity (Wildman–Crippen MR) is 180 cm³/mol. The molecule has 0 bridgehead atoms. The molecule has 0 aromatic carbocycles. The third-order valence-corrected chi connectivity index (χ3v) is 8.74. The van der Waals surface area contributed by atoms with E-state index in [2.05, 4.69) is 19.2 Å². The largest absolute Gasteiger partial charge is 0.472 e. The monoisotopic (exact) mass is 633 g/mol. The van der Waals surface area contributed by atoms with Crippen LogP contribution in [-0.4, -0.2) is 73.4 Å². The van der Waals surface area contributed by atoms with Crippen molar-refractivity contribution in [3.8, 4) is 0 Å². The topological polar surface area (TPSA) is 105 Å². The Balaban J connectivity index is 4.58. The highest BCUT2D eigenvalue weighted by atomic mass is 31.2. The number of nitrogens with one attached hydrogen (secondary N) is 1. The van der Waals surface area contributed by atoms with Crippen molar-refractivity contribution in [1.29, 1.82) is 0 Å². The summed E-state index contributed by atoms with van der Waals surface area (Å²) in [5, 5.41) is 13.7. The fourth-order valence-electron chi connectivity index (χ4n) is 4.86. The molecule has 0 aliphatic carbocycles. The van der Waals surface area contributed by atoms with Crippen molar-refractivity contribution in [3.05, 3.63) is 12.2 Å². The average Bonchev–Trinajstić information content (AvgIpc) is 2.94. The van der Waals surface area contributed by atoms with E-state index in [4.69, 9.17) is 9.05 Å². The highest BCUT2D eigenvalue weighted by Crippen LogP contribution is 2.43. The minimum atomic E-state index is -4.31. The molecular weight excluding hydrogens is 563 g/mol. The second-order valence-electron chi connectivity index (χ2n) is 13.3. The summed E-state index contributed by atoms with van der Waals surface area (Å²) in [7, 11) is 1.57. The standard InChI is InChI=1S/C34H69N2O6P/c1-6-8-10-12-14-16-17-18-19-20-21-23-25-27-33(37)32(31-42-43(39,40)41-30-29-36(3,4)5)35-34(38)28-26-24-22-15-13-11-9-7-2/h25,27,32-33,37H,6-24,26,28-31H2,1-5H3,(H-,35,38,39,40)/p+1/b27-25+. The summed E-state index contributed by atoms with van der Waals surface area (Å²) in [4.78, 5) is 22.8. The van der Waals surface area contributed by atoms with Gasteiger partial charge in [0.05, 0.1) is 39.9 Å². The van der Waals surface area contributed by atoms with Crippen molar-refractivity contribution < 1.29 is 32.9 Å². The maximum Gasteiger partial charge on any atom is 0.472 e. The summed E-state index contributed by atoms with van der Waals surface area (Å²) in [5.41, 5.74) is 0. The van der Waals surface area contributed by atoms with E-state index in [0.29, 0.717) is 17.4 Å². The van der Waals surface area contributed by atoms with E-state index < -0.39 is 20.0 Å². The van der Waals surface area contributed by atoms with Gasteiger partial charge in [-0.15, -0.1) is 0 Å². The number of aliphatic hydroxyl groups excluding tert-OH is 1. The molecule has 0 saturated heterocycles. The molecule has 0 aromatic rings. The molecule has 0 spiro atoms. The minimum Gasteiger partial charge on any atom is -0.387 e. The molecule has 1 amide bonds. The zero-order valence-electron chi connectivity index (χ0n) is 28.7. The lowest BCUT2D eigenvalue weighted by Gasteiger charge is -2.25. The van der Waals surface area contributed by atoms with E-state index in [1.807, 2.05) is 27.2 Å². The Kier molecular flexibility index (Phi) is 27.1. The van der Waals surface area contributed by atoms with Gasteiger partial charge in [0.25, 0.3) is 0 Å². The van der Waals surface area contributed by atoms with Gasteiger partial charge in [0.2, 0.25) is 5.91 Å². The maximum atomic E-state index is 12.7. The van der Waals surface area contributed by atoms with Crippen LogP contribution < -0.4 is 5.32 Å². The first-order valence-corrected chi connectivity index (χ1v) is 19.1. The van der Waals surface area contributed by atoms with Crippen LogP contribution in [0, 0.1) is 0 Å². The lowest BCUT2D eigenvalue weighted by Crippen LogP contribution is -2.45. The lowest BCUT2D eigenvalue weighted by atomic mass is 10.0. The summed E-state index contributed by atoms with van der Waals surface area (Å²) in [6.07, 6.45) is 27.0. The molecule has 0 aromatic heterocycles. The SMILES string of the molecule is CCCCCCCCCCCCC/C=C/C(O)C(COP(=O)(O)OCC[N+](C)(C)C)NC(=O)CCCCCCCCCC. The number of hydrogen-bond donors (Lipinski definition) is 3. The average molecular weight is 634 g/mol. The quantitative estimate of drug-likeness (QED) is 0.0306. The molecule has 0 heterocycles. The predicted octanol–water partition coefficient (Wildman–Crippen LogP) is 8.46. The van der Waals surface area contributed by atoms with Crippen molar-refractivity contribution in [2.45, 2.75) is 161 Å². The van der Waals surface area contributed by atoms with Gasteiger partial charge < -0.3 is 19.8 Å². The Morgan fingerprint density at radius 2 is 1.23 bits per heavy atom. The Bertz CT molecular complexity index is 728. The van der Waals surface area contributed by atoms with E-state index in [9.17, 15) is 19.4 Å². The lowest BCUT2D eigenvalue weighted by molar-refractivity contribution is -0.870. The minimum absolute atomic E-state index is 0.0637. The first kappa shape index (κ1) is 42.2. The van der Waals surface area contributed by atoms with Gasteiger partial charge in [-0.3, -0.25) is 13.8 Å². The number of unbranched alkanes of at least 4 members (excludes halogenated alkanes) is 18. The highest BCUT2D eigenvalue weighted by molar-refractivity contribution is 7.47. The second-order valence-corrected chi connectivity index (χ2v) is 14.7. The number of phosphoric acid groups is 1. The van der Waals surface area contributed by atoms with Gasteiger partial charge in [-0.05, 0) is 19.3 Å². The van der Waals surface area contributed by atoms with Crippen LogP contribution in [0.4, 0.5) is 0 Å². The molecule has 8 nitrogen and oxygen atoms in total. The molecule has 0 fully saturated rings. The van der Waals surface area contributed by atoms with Crippen LogP contribution in [0.5, 0.6) is 0 Å². The van der Waals surface area contributed by atoms with Gasteiger partial charge in [-0.25, -0.2) is 4.57 Å². The van der Waals surface area contributed by atoms with Crippen LogP contribution in [0.2, 0.25) is 0 Å². The summed E-state index contributed by atoms with van der Waals surface area (Å²) < 4.78 is 23.3. The summed E-state index contributed by atoms with van der Waals surface area (Å²) in [5.74, 6) is -0.184. The molecule has 0 saturated carbocycles. The first-order chi connectivity index (χ1) is 20.5. The summed E-state index contributed by atoms with van der Waals surface area (Å²) in [6.45, 7) is 4.75. The van der Waals surface area contributed by atoms with Crippen molar-refractivity contribution in [3.63, 3.8) is 0 Å². The molecule has 0 aliphatic rings. The second kappa shape index (κ2) is 27.5. The Labute approximate surface area is 265 Å². The number of aliphatic hydroxyl groups is 1. The van der Waals surface area contributed by atoms with Crippen LogP contribution in [0.1, 0.15) is 149 Å². The molecule has 43 heavy (non-hydrogen) atoms. The molecule has 3 unspecified atom stereocenters. The zero-order chi connectivity index (χ0) is 32.2. The maximum absolute atomic E-state index is 12.7. The van der Waals surface area contributed by atoms with Crippen molar-refractivity contribution >= 4 is 13.7 Å². The van der Waals surface area contributed by atoms with Crippen molar-refractivity contribution in [1.82, 2.24) is 5.32 Å². The van der Waals surface area contributed by atoms with E-state index >= 15 is 0 Å². The molecule has 3 atom stereocenters. The van der Waals surface area contributed by atoms with Gasteiger partial charge in [-0.2, -0.15) is 0 Å². The molecule has 3 N–H and O–H groups in total. The van der Waals surface area contributed by atoms with Crippen molar-refractivity contribution in [2.24, 2.45) is 0 Å². The van der Waals surface area contributed by atoms with E-state index in [-0.39, 0.29) is 19.1 Å². The molecule has 256 valence electrons. The van der Waals surface area contributed by atoms with Crippen LogP contribution in [0.3, 0.4) is 0 Å². The number of rotatable bonds is 31. The Morgan fingerprint density at radius 1 is 0.767 bits per heavy atom. The van der Waals surface area contributed by atoms with Gasteiger partial charge >= 0.3 is 7.82 Å². The van der Waals surface area contributed by atoms with Gasteiger partial charge in [-0.1, -0.05) is 135 Å². The van der Waals surface area contributed by atoms with Crippen LogP contribution >= 0.6 is 7.82 Å².